The summed E-state index contributed by atoms with van der Waals surface area (Å²) in [7, 11) is 0. The SMILES string of the molecule is O=C(c1ccc(F)cc1Cl)C(Cl)(Cl)Cl. The van der Waals surface area contributed by atoms with Crippen molar-refractivity contribution in [2.75, 3.05) is 0 Å². The molecule has 0 saturated heterocycles. The molecule has 1 aromatic carbocycles. The van der Waals surface area contributed by atoms with Crippen LogP contribution < -0.4 is 0 Å². The highest BCUT2D eigenvalue weighted by molar-refractivity contribution is 6.77. The Morgan fingerprint density at radius 3 is 2.29 bits per heavy atom. The number of carbonyl (C=O) groups excluding carboxylic acids is 1. The second kappa shape index (κ2) is 4.23. The number of benzene rings is 1. The van der Waals surface area contributed by atoms with Crippen LogP contribution in [0.25, 0.3) is 0 Å². The van der Waals surface area contributed by atoms with E-state index in [9.17, 15) is 9.18 Å². The van der Waals surface area contributed by atoms with E-state index in [2.05, 4.69) is 0 Å². The molecule has 0 saturated carbocycles. The summed E-state index contributed by atoms with van der Waals surface area (Å²) in [5.41, 5.74) is -0.0203. The van der Waals surface area contributed by atoms with Crippen molar-refractivity contribution in [1.29, 1.82) is 0 Å². The van der Waals surface area contributed by atoms with Crippen LogP contribution in [0.1, 0.15) is 10.4 Å². The van der Waals surface area contributed by atoms with Crippen LogP contribution >= 0.6 is 46.4 Å². The molecular weight excluding hydrogens is 273 g/mol. The van der Waals surface area contributed by atoms with E-state index in [4.69, 9.17) is 46.4 Å². The Morgan fingerprint density at radius 2 is 1.86 bits per heavy atom. The van der Waals surface area contributed by atoms with Gasteiger partial charge in [-0.25, -0.2) is 4.39 Å². The van der Waals surface area contributed by atoms with Crippen LogP contribution in [0, 0.1) is 5.82 Å². The minimum atomic E-state index is -2.08. The quantitative estimate of drug-likeness (QED) is 0.559. The second-order valence-electron chi connectivity index (χ2n) is 2.45. The number of rotatable bonds is 1. The second-order valence-corrected chi connectivity index (χ2v) is 5.14. The molecule has 0 unspecified atom stereocenters. The monoisotopic (exact) mass is 274 g/mol. The number of alkyl halides is 3. The predicted octanol–water partition coefficient (Wildman–Crippen LogP) is 4.03. The summed E-state index contributed by atoms with van der Waals surface area (Å²) < 4.78 is 10.5. The summed E-state index contributed by atoms with van der Waals surface area (Å²) in [6.45, 7) is 0. The van der Waals surface area contributed by atoms with Gasteiger partial charge in [-0.2, -0.15) is 0 Å². The molecule has 0 atom stereocenters. The minimum Gasteiger partial charge on any atom is -0.289 e. The first-order chi connectivity index (χ1) is 6.32. The molecule has 14 heavy (non-hydrogen) atoms. The minimum absolute atomic E-state index is 0.0203. The normalized spacial score (nSPS) is 11.5. The number of hydrogen-bond donors (Lipinski definition) is 0. The molecule has 6 heteroatoms. The molecule has 0 radical (unpaired) electrons. The number of carbonyl (C=O) groups is 1. The molecule has 0 fully saturated rings. The maximum atomic E-state index is 12.6. The Kier molecular flexibility index (Phi) is 3.64. The van der Waals surface area contributed by atoms with Crippen LogP contribution in [0.5, 0.6) is 0 Å². The van der Waals surface area contributed by atoms with Crippen molar-refractivity contribution in [3.8, 4) is 0 Å². The Balaban J connectivity index is 3.15. The highest BCUT2D eigenvalue weighted by atomic mass is 35.6. The lowest BCUT2D eigenvalue weighted by Crippen LogP contribution is -2.19. The molecule has 76 valence electrons. The van der Waals surface area contributed by atoms with Crippen molar-refractivity contribution in [3.63, 3.8) is 0 Å². The molecule has 1 nitrogen and oxygen atoms in total. The van der Waals surface area contributed by atoms with Gasteiger partial charge in [0.05, 0.1) is 5.02 Å². The average Bonchev–Trinajstić information content (AvgIpc) is 2.01. The van der Waals surface area contributed by atoms with E-state index < -0.39 is 15.4 Å². The third-order valence-electron chi connectivity index (χ3n) is 1.43. The van der Waals surface area contributed by atoms with E-state index in [0.29, 0.717) is 0 Å². The van der Waals surface area contributed by atoms with E-state index in [1.54, 1.807) is 0 Å². The largest absolute Gasteiger partial charge is 0.289 e. The lowest BCUT2D eigenvalue weighted by Gasteiger charge is -2.10. The maximum Gasteiger partial charge on any atom is 0.253 e. The molecular formula is C8H3Cl4FO. The average molecular weight is 276 g/mol. The fraction of sp³-hybridized carbons (Fsp3) is 0.125. The molecule has 1 rings (SSSR count). The summed E-state index contributed by atoms with van der Waals surface area (Å²) in [5.74, 6) is -1.34. The van der Waals surface area contributed by atoms with E-state index in [1.807, 2.05) is 0 Å². The van der Waals surface area contributed by atoms with Gasteiger partial charge >= 0.3 is 0 Å². The van der Waals surface area contributed by atoms with E-state index in [-0.39, 0.29) is 10.6 Å². The molecule has 0 aromatic heterocycles. The lowest BCUT2D eigenvalue weighted by molar-refractivity contribution is 0.0996. The number of hydrogen-bond acceptors (Lipinski definition) is 1. The van der Waals surface area contributed by atoms with Crippen LogP contribution in [0.2, 0.25) is 5.02 Å². The molecule has 1 aromatic rings. The molecule has 0 N–H and O–H groups in total. The Morgan fingerprint density at radius 1 is 1.29 bits per heavy atom. The molecule has 0 heterocycles. The Bertz CT molecular complexity index is 372. The molecule has 0 spiro atoms. The number of halogens is 5. The summed E-state index contributed by atoms with van der Waals surface area (Å²) in [4.78, 5) is 11.4. The van der Waals surface area contributed by atoms with Gasteiger partial charge in [-0.15, -0.1) is 0 Å². The summed E-state index contributed by atoms with van der Waals surface area (Å²) in [6, 6.07) is 3.21. The van der Waals surface area contributed by atoms with Crippen LogP contribution in [0.15, 0.2) is 18.2 Å². The standard InChI is InChI=1S/C8H3Cl4FO/c9-6-3-4(13)1-2-5(6)7(14)8(10,11)12/h1-3H. The van der Waals surface area contributed by atoms with E-state index >= 15 is 0 Å². The van der Waals surface area contributed by atoms with Gasteiger partial charge in [0.15, 0.2) is 0 Å². The first kappa shape index (κ1) is 12.1. The van der Waals surface area contributed by atoms with Crippen LogP contribution in [-0.2, 0) is 0 Å². The zero-order chi connectivity index (χ0) is 10.9. The third-order valence-corrected chi connectivity index (χ3v) is 2.26. The van der Waals surface area contributed by atoms with Gasteiger partial charge in [-0.05, 0) is 18.2 Å². The van der Waals surface area contributed by atoms with Crippen LogP contribution in [-0.4, -0.2) is 9.58 Å². The molecule has 0 aliphatic rings. The maximum absolute atomic E-state index is 12.6. The van der Waals surface area contributed by atoms with Gasteiger partial charge in [0.2, 0.25) is 5.78 Å². The van der Waals surface area contributed by atoms with Crippen molar-refractivity contribution in [2.45, 2.75) is 3.79 Å². The third kappa shape index (κ3) is 2.74. The summed E-state index contributed by atoms with van der Waals surface area (Å²) in [5, 5.41) is -0.0821. The van der Waals surface area contributed by atoms with Gasteiger partial charge in [0.25, 0.3) is 3.79 Å². The van der Waals surface area contributed by atoms with Gasteiger partial charge < -0.3 is 0 Å². The van der Waals surface area contributed by atoms with Gasteiger partial charge in [-0.1, -0.05) is 46.4 Å². The Hall–Kier alpha value is -0.0200. The lowest BCUT2D eigenvalue weighted by atomic mass is 10.1. The van der Waals surface area contributed by atoms with Crippen molar-refractivity contribution in [1.82, 2.24) is 0 Å². The van der Waals surface area contributed by atoms with Gasteiger partial charge in [-0.3, -0.25) is 4.79 Å². The highest BCUT2D eigenvalue weighted by Gasteiger charge is 2.32. The highest BCUT2D eigenvalue weighted by Crippen LogP contribution is 2.32. The molecule has 0 aliphatic heterocycles. The van der Waals surface area contributed by atoms with Crippen LogP contribution in [0.3, 0.4) is 0 Å². The smallest absolute Gasteiger partial charge is 0.253 e. The number of ketones is 1. The molecule has 0 aliphatic carbocycles. The number of Topliss-reactive ketones (excluding diaryl/α,β-unsaturated/α-hetero) is 1. The van der Waals surface area contributed by atoms with Gasteiger partial charge in [0, 0.05) is 5.56 Å². The Labute approximate surface area is 99.7 Å². The van der Waals surface area contributed by atoms with Gasteiger partial charge in [0.1, 0.15) is 5.82 Å². The summed E-state index contributed by atoms with van der Waals surface area (Å²) in [6.07, 6.45) is 0. The fourth-order valence-electron chi connectivity index (χ4n) is 0.826. The predicted molar refractivity (Wildman–Crippen MR) is 56.0 cm³/mol. The zero-order valence-corrected chi connectivity index (χ0v) is 9.55. The topological polar surface area (TPSA) is 17.1 Å². The first-order valence-corrected chi connectivity index (χ1v) is 4.90. The van der Waals surface area contributed by atoms with E-state index in [0.717, 1.165) is 12.1 Å². The summed E-state index contributed by atoms with van der Waals surface area (Å²) >= 11 is 21.7. The van der Waals surface area contributed by atoms with Crippen molar-refractivity contribution in [2.24, 2.45) is 0 Å². The van der Waals surface area contributed by atoms with Crippen LogP contribution in [0.4, 0.5) is 4.39 Å². The molecule has 0 amide bonds. The van der Waals surface area contributed by atoms with Crippen molar-refractivity contribution in [3.05, 3.63) is 34.6 Å². The zero-order valence-electron chi connectivity index (χ0n) is 6.53. The van der Waals surface area contributed by atoms with Crippen molar-refractivity contribution < 1.29 is 9.18 Å². The molecule has 0 bridgehead atoms. The van der Waals surface area contributed by atoms with Crippen molar-refractivity contribution >= 4 is 52.2 Å². The van der Waals surface area contributed by atoms with E-state index in [1.165, 1.54) is 6.07 Å². The fourth-order valence-corrected chi connectivity index (χ4v) is 1.38. The first-order valence-electron chi connectivity index (χ1n) is 3.39.